The summed E-state index contributed by atoms with van der Waals surface area (Å²) in [6.07, 6.45) is 7.09. The van der Waals surface area contributed by atoms with Crippen molar-refractivity contribution in [1.82, 2.24) is 4.98 Å². The summed E-state index contributed by atoms with van der Waals surface area (Å²) in [5.41, 5.74) is 0.253. The number of nitrogens with one attached hydrogen (secondary N) is 1. The Kier molecular flexibility index (Phi) is 2.36. The van der Waals surface area contributed by atoms with Crippen LogP contribution in [0, 0.1) is 0 Å². The standard InChI is InChI=1S/C13H16N2S/c1-13(6-2-3-7-13)15-12-10-5-9-16-11(10)4-8-14-12/h4-5,8-9H,2-3,6-7H2,1H3,(H,14,15). The number of thiophene rings is 1. The second-order valence-corrected chi connectivity index (χ2v) is 5.83. The fraction of sp³-hybridized carbons (Fsp3) is 0.462. The van der Waals surface area contributed by atoms with Crippen LogP contribution in [-0.2, 0) is 0 Å². The lowest BCUT2D eigenvalue weighted by Crippen LogP contribution is -2.31. The number of fused-ring (bicyclic) bond motifs is 1. The Morgan fingerprint density at radius 3 is 2.94 bits per heavy atom. The zero-order valence-corrected chi connectivity index (χ0v) is 10.3. The van der Waals surface area contributed by atoms with E-state index in [1.54, 1.807) is 11.3 Å². The van der Waals surface area contributed by atoms with E-state index in [1.807, 2.05) is 6.20 Å². The quantitative estimate of drug-likeness (QED) is 0.845. The summed E-state index contributed by atoms with van der Waals surface area (Å²) in [5.74, 6) is 1.06. The van der Waals surface area contributed by atoms with Crippen molar-refractivity contribution in [3.8, 4) is 0 Å². The number of pyridine rings is 1. The minimum absolute atomic E-state index is 0.253. The highest BCUT2D eigenvalue weighted by atomic mass is 32.1. The van der Waals surface area contributed by atoms with Gasteiger partial charge in [-0.25, -0.2) is 4.98 Å². The van der Waals surface area contributed by atoms with Gasteiger partial charge in [0.2, 0.25) is 0 Å². The van der Waals surface area contributed by atoms with Crippen molar-refractivity contribution >= 4 is 27.2 Å². The van der Waals surface area contributed by atoms with E-state index in [1.165, 1.54) is 35.8 Å². The Morgan fingerprint density at radius 1 is 1.31 bits per heavy atom. The summed E-state index contributed by atoms with van der Waals surface area (Å²) in [4.78, 5) is 4.48. The minimum atomic E-state index is 0.253. The summed E-state index contributed by atoms with van der Waals surface area (Å²) in [6, 6.07) is 4.25. The third-order valence-corrected chi connectivity index (χ3v) is 4.39. The van der Waals surface area contributed by atoms with Gasteiger partial charge in [-0.15, -0.1) is 11.3 Å². The maximum Gasteiger partial charge on any atom is 0.135 e. The molecule has 0 aromatic carbocycles. The topological polar surface area (TPSA) is 24.9 Å². The Balaban J connectivity index is 1.96. The molecule has 1 aliphatic rings. The first-order valence-corrected chi connectivity index (χ1v) is 6.75. The van der Waals surface area contributed by atoms with Crippen LogP contribution in [0.15, 0.2) is 23.7 Å². The predicted octanol–water partition coefficient (Wildman–Crippen LogP) is 4.04. The van der Waals surface area contributed by atoms with Gasteiger partial charge in [0, 0.05) is 21.8 Å². The largest absolute Gasteiger partial charge is 0.364 e. The molecule has 1 saturated carbocycles. The van der Waals surface area contributed by atoms with Crippen LogP contribution in [0.25, 0.3) is 10.1 Å². The van der Waals surface area contributed by atoms with Crippen LogP contribution in [0.4, 0.5) is 5.82 Å². The van der Waals surface area contributed by atoms with E-state index in [0.29, 0.717) is 0 Å². The summed E-state index contributed by atoms with van der Waals surface area (Å²) in [5, 5.41) is 7.04. The second kappa shape index (κ2) is 3.74. The van der Waals surface area contributed by atoms with Gasteiger partial charge in [-0.05, 0) is 37.3 Å². The van der Waals surface area contributed by atoms with Crippen LogP contribution < -0.4 is 5.32 Å². The molecule has 0 unspecified atom stereocenters. The fourth-order valence-corrected chi connectivity index (χ4v) is 3.34. The molecule has 0 amide bonds. The smallest absolute Gasteiger partial charge is 0.135 e. The monoisotopic (exact) mass is 232 g/mol. The van der Waals surface area contributed by atoms with Crippen LogP contribution >= 0.6 is 11.3 Å². The molecule has 1 fully saturated rings. The molecule has 2 heterocycles. The number of aromatic nitrogens is 1. The fourth-order valence-electron chi connectivity index (χ4n) is 2.56. The average molecular weight is 232 g/mol. The van der Waals surface area contributed by atoms with Crippen molar-refractivity contribution in [3.05, 3.63) is 23.7 Å². The molecule has 0 bridgehead atoms. The van der Waals surface area contributed by atoms with Crippen molar-refractivity contribution in [2.24, 2.45) is 0 Å². The number of anilines is 1. The highest BCUT2D eigenvalue weighted by Gasteiger charge is 2.29. The highest BCUT2D eigenvalue weighted by Crippen LogP contribution is 2.34. The van der Waals surface area contributed by atoms with Crippen LogP contribution in [-0.4, -0.2) is 10.5 Å². The lowest BCUT2D eigenvalue weighted by Gasteiger charge is -2.26. The molecule has 0 atom stereocenters. The van der Waals surface area contributed by atoms with Gasteiger partial charge < -0.3 is 5.32 Å². The van der Waals surface area contributed by atoms with E-state index < -0.39 is 0 Å². The first-order valence-electron chi connectivity index (χ1n) is 5.87. The summed E-state index contributed by atoms with van der Waals surface area (Å²) >= 11 is 1.78. The number of rotatable bonds is 2. The molecule has 2 nitrogen and oxygen atoms in total. The summed E-state index contributed by atoms with van der Waals surface area (Å²) < 4.78 is 1.32. The molecule has 0 saturated heterocycles. The lowest BCUT2D eigenvalue weighted by atomic mass is 10.0. The number of hydrogen-bond donors (Lipinski definition) is 1. The summed E-state index contributed by atoms with van der Waals surface area (Å²) in [6.45, 7) is 2.31. The van der Waals surface area contributed by atoms with E-state index in [-0.39, 0.29) is 5.54 Å². The molecule has 2 aromatic heterocycles. The van der Waals surface area contributed by atoms with E-state index in [9.17, 15) is 0 Å². The normalized spacial score (nSPS) is 19.1. The zero-order chi connectivity index (χ0) is 11.0. The van der Waals surface area contributed by atoms with Crippen molar-refractivity contribution in [1.29, 1.82) is 0 Å². The van der Waals surface area contributed by atoms with Crippen LogP contribution in [0.2, 0.25) is 0 Å². The number of nitrogens with zero attached hydrogens (tertiary/aromatic N) is 1. The average Bonchev–Trinajstić information content (AvgIpc) is 2.87. The molecule has 1 aliphatic carbocycles. The SMILES string of the molecule is CC1(Nc2nccc3sccc23)CCCC1. The van der Waals surface area contributed by atoms with E-state index in [4.69, 9.17) is 0 Å². The highest BCUT2D eigenvalue weighted by molar-refractivity contribution is 7.17. The van der Waals surface area contributed by atoms with Gasteiger partial charge in [-0.1, -0.05) is 12.8 Å². The third-order valence-electron chi connectivity index (χ3n) is 3.51. The van der Waals surface area contributed by atoms with Crippen molar-refractivity contribution < 1.29 is 0 Å². The van der Waals surface area contributed by atoms with Crippen molar-refractivity contribution in [2.75, 3.05) is 5.32 Å². The van der Waals surface area contributed by atoms with E-state index >= 15 is 0 Å². The van der Waals surface area contributed by atoms with Gasteiger partial charge in [-0.3, -0.25) is 0 Å². The molecule has 16 heavy (non-hydrogen) atoms. The Morgan fingerprint density at radius 2 is 2.12 bits per heavy atom. The molecular weight excluding hydrogens is 216 g/mol. The molecule has 1 N–H and O–H groups in total. The maximum absolute atomic E-state index is 4.48. The zero-order valence-electron chi connectivity index (χ0n) is 9.49. The van der Waals surface area contributed by atoms with E-state index in [2.05, 4.69) is 34.7 Å². The van der Waals surface area contributed by atoms with Gasteiger partial charge in [-0.2, -0.15) is 0 Å². The molecule has 3 heteroatoms. The molecule has 3 rings (SSSR count). The first kappa shape index (κ1) is 10.1. The Hall–Kier alpha value is -1.09. The molecule has 0 radical (unpaired) electrons. The number of hydrogen-bond acceptors (Lipinski definition) is 3. The van der Waals surface area contributed by atoms with Gasteiger partial charge in [0.25, 0.3) is 0 Å². The summed E-state index contributed by atoms with van der Waals surface area (Å²) in [7, 11) is 0. The Labute approximate surface area is 99.7 Å². The maximum atomic E-state index is 4.48. The van der Waals surface area contributed by atoms with Gasteiger partial charge >= 0.3 is 0 Å². The van der Waals surface area contributed by atoms with Gasteiger partial charge in [0.15, 0.2) is 0 Å². The third kappa shape index (κ3) is 1.69. The molecule has 2 aromatic rings. The van der Waals surface area contributed by atoms with Crippen LogP contribution in [0.1, 0.15) is 32.6 Å². The molecular formula is C13H16N2S. The molecule has 0 aliphatic heterocycles. The van der Waals surface area contributed by atoms with Gasteiger partial charge in [0.05, 0.1) is 0 Å². The van der Waals surface area contributed by atoms with Crippen molar-refractivity contribution in [3.63, 3.8) is 0 Å². The van der Waals surface area contributed by atoms with Crippen LogP contribution in [0.3, 0.4) is 0 Å². The van der Waals surface area contributed by atoms with Crippen molar-refractivity contribution in [2.45, 2.75) is 38.1 Å². The van der Waals surface area contributed by atoms with Gasteiger partial charge in [0.1, 0.15) is 5.82 Å². The Bertz CT molecular complexity index is 497. The minimum Gasteiger partial charge on any atom is -0.364 e. The molecule has 84 valence electrons. The first-order chi connectivity index (χ1) is 7.77. The van der Waals surface area contributed by atoms with Crippen LogP contribution in [0.5, 0.6) is 0 Å². The second-order valence-electron chi connectivity index (χ2n) is 4.88. The lowest BCUT2D eigenvalue weighted by molar-refractivity contribution is 0.532. The molecule has 0 spiro atoms. The van der Waals surface area contributed by atoms with E-state index in [0.717, 1.165) is 5.82 Å². The predicted molar refractivity (Wildman–Crippen MR) is 70.1 cm³/mol.